The number of benzene rings is 2. The molecule has 3 aromatic rings. The van der Waals surface area contributed by atoms with Crippen molar-refractivity contribution in [3.8, 4) is 5.75 Å². The van der Waals surface area contributed by atoms with E-state index in [0.29, 0.717) is 5.95 Å². The van der Waals surface area contributed by atoms with Gasteiger partial charge < -0.3 is 19.9 Å². The minimum atomic E-state index is 0.629. The number of methoxy groups -OCH3 is 1. The molecule has 6 heteroatoms. The second-order valence-electron chi connectivity index (χ2n) is 6.85. The topological polar surface area (TPSA) is 53.5 Å². The maximum absolute atomic E-state index is 5.25. The van der Waals surface area contributed by atoms with Gasteiger partial charge in [-0.25, -0.2) is 4.98 Å². The first-order valence-electron chi connectivity index (χ1n) is 9.52. The number of aryl methyl sites for hydroxylation is 1. The molecule has 144 valence electrons. The third-order valence-electron chi connectivity index (χ3n) is 5.07. The molecule has 1 aliphatic rings. The van der Waals surface area contributed by atoms with Gasteiger partial charge in [0.1, 0.15) is 11.6 Å². The summed E-state index contributed by atoms with van der Waals surface area (Å²) in [4.78, 5) is 13.8. The SMILES string of the molecule is COc1ccc(N2CCN(c3ccnc(Nc4ccccc4C)n3)CC2)cc1. The van der Waals surface area contributed by atoms with Crippen LogP contribution in [0, 0.1) is 6.92 Å². The molecule has 0 bridgehead atoms. The monoisotopic (exact) mass is 375 g/mol. The van der Waals surface area contributed by atoms with Crippen molar-refractivity contribution < 1.29 is 4.74 Å². The zero-order valence-corrected chi connectivity index (χ0v) is 16.3. The van der Waals surface area contributed by atoms with Gasteiger partial charge in [-0.1, -0.05) is 18.2 Å². The molecule has 1 fully saturated rings. The highest BCUT2D eigenvalue weighted by Gasteiger charge is 2.19. The fourth-order valence-corrected chi connectivity index (χ4v) is 3.41. The number of para-hydroxylation sites is 1. The summed E-state index contributed by atoms with van der Waals surface area (Å²) in [6, 6.07) is 18.4. The molecule has 6 nitrogen and oxygen atoms in total. The van der Waals surface area contributed by atoms with E-state index in [0.717, 1.165) is 43.4 Å². The number of anilines is 4. The number of hydrogen-bond acceptors (Lipinski definition) is 6. The predicted octanol–water partition coefficient (Wildman–Crippen LogP) is 3.86. The first-order chi connectivity index (χ1) is 13.7. The lowest BCUT2D eigenvalue weighted by atomic mass is 10.2. The van der Waals surface area contributed by atoms with Gasteiger partial charge in [-0.05, 0) is 48.9 Å². The Morgan fingerprint density at radius 2 is 1.61 bits per heavy atom. The second kappa shape index (κ2) is 8.17. The molecule has 1 aliphatic heterocycles. The Morgan fingerprint density at radius 3 is 2.32 bits per heavy atom. The Hall–Kier alpha value is -3.28. The molecule has 0 unspecified atom stereocenters. The lowest BCUT2D eigenvalue weighted by Crippen LogP contribution is -2.46. The Kier molecular flexibility index (Phi) is 5.28. The molecular weight excluding hydrogens is 350 g/mol. The van der Waals surface area contributed by atoms with Crippen LogP contribution in [0.5, 0.6) is 5.75 Å². The van der Waals surface area contributed by atoms with E-state index in [9.17, 15) is 0 Å². The van der Waals surface area contributed by atoms with Crippen molar-refractivity contribution in [3.63, 3.8) is 0 Å². The highest BCUT2D eigenvalue weighted by atomic mass is 16.5. The van der Waals surface area contributed by atoms with Crippen molar-refractivity contribution in [3.05, 3.63) is 66.4 Å². The molecule has 28 heavy (non-hydrogen) atoms. The lowest BCUT2D eigenvalue weighted by molar-refractivity contribution is 0.415. The largest absolute Gasteiger partial charge is 0.497 e. The van der Waals surface area contributed by atoms with Gasteiger partial charge in [0.25, 0.3) is 0 Å². The maximum atomic E-state index is 5.25. The Morgan fingerprint density at radius 1 is 0.893 bits per heavy atom. The minimum absolute atomic E-state index is 0.629. The van der Waals surface area contributed by atoms with Crippen molar-refractivity contribution in [1.82, 2.24) is 9.97 Å². The number of ether oxygens (including phenoxy) is 1. The highest BCUT2D eigenvalue weighted by molar-refractivity contribution is 5.59. The van der Waals surface area contributed by atoms with Gasteiger partial charge in [-0.3, -0.25) is 0 Å². The van der Waals surface area contributed by atoms with E-state index in [-0.39, 0.29) is 0 Å². The molecule has 0 spiro atoms. The molecule has 1 N–H and O–H groups in total. The van der Waals surface area contributed by atoms with Crippen molar-refractivity contribution in [2.24, 2.45) is 0 Å². The molecule has 4 rings (SSSR count). The third-order valence-corrected chi connectivity index (χ3v) is 5.07. The standard InChI is InChI=1S/C22H25N5O/c1-17-5-3-4-6-20(17)24-22-23-12-11-21(25-22)27-15-13-26(14-16-27)18-7-9-19(28-2)10-8-18/h3-12H,13-16H2,1-2H3,(H,23,24,25). The van der Waals surface area contributed by atoms with Crippen molar-refractivity contribution in [1.29, 1.82) is 0 Å². The zero-order valence-electron chi connectivity index (χ0n) is 16.3. The molecule has 0 radical (unpaired) electrons. The first-order valence-corrected chi connectivity index (χ1v) is 9.52. The molecule has 0 atom stereocenters. The van der Waals surface area contributed by atoms with Crippen molar-refractivity contribution >= 4 is 23.1 Å². The van der Waals surface area contributed by atoms with E-state index >= 15 is 0 Å². The van der Waals surface area contributed by atoms with Crippen LogP contribution < -0.4 is 19.9 Å². The van der Waals surface area contributed by atoms with Crippen LogP contribution in [0.25, 0.3) is 0 Å². The van der Waals surface area contributed by atoms with Gasteiger partial charge in [-0.2, -0.15) is 4.98 Å². The Labute approximate surface area is 165 Å². The summed E-state index contributed by atoms with van der Waals surface area (Å²) in [6.45, 7) is 5.83. The van der Waals surface area contributed by atoms with E-state index < -0.39 is 0 Å². The number of aromatic nitrogens is 2. The van der Waals surface area contributed by atoms with E-state index in [2.05, 4.69) is 45.2 Å². The van der Waals surface area contributed by atoms with Crippen LogP contribution in [-0.4, -0.2) is 43.3 Å². The van der Waals surface area contributed by atoms with Crippen LogP contribution in [0.1, 0.15) is 5.56 Å². The maximum Gasteiger partial charge on any atom is 0.229 e. The fraction of sp³-hybridized carbons (Fsp3) is 0.273. The van der Waals surface area contributed by atoms with E-state index in [1.165, 1.54) is 11.3 Å². The Balaban J connectivity index is 1.41. The highest BCUT2D eigenvalue weighted by Crippen LogP contribution is 2.23. The summed E-state index contributed by atoms with van der Waals surface area (Å²) < 4.78 is 5.25. The number of nitrogens with one attached hydrogen (secondary N) is 1. The molecule has 1 aromatic heterocycles. The predicted molar refractivity (Wildman–Crippen MR) is 114 cm³/mol. The van der Waals surface area contributed by atoms with Crippen LogP contribution in [-0.2, 0) is 0 Å². The first kappa shape index (κ1) is 18.1. The lowest BCUT2D eigenvalue weighted by Gasteiger charge is -2.36. The summed E-state index contributed by atoms with van der Waals surface area (Å²) in [5.74, 6) is 2.47. The van der Waals surface area contributed by atoms with E-state index in [1.54, 1.807) is 7.11 Å². The Bertz CT molecular complexity index is 920. The summed E-state index contributed by atoms with van der Waals surface area (Å²) in [6.07, 6.45) is 1.82. The summed E-state index contributed by atoms with van der Waals surface area (Å²) in [5, 5.41) is 3.33. The molecule has 1 saturated heterocycles. The normalized spacial score (nSPS) is 14.1. The van der Waals surface area contributed by atoms with Crippen molar-refractivity contribution in [2.75, 3.05) is 48.4 Å². The quantitative estimate of drug-likeness (QED) is 0.731. The smallest absolute Gasteiger partial charge is 0.229 e. The fourth-order valence-electron chi connectivity index (χ4n) is 3.41. The van der Waals surface area contributed by atoms with Crippen LogP contribution in [0.2, 0.25) is 0 Å². The summed E-state index contributed by atoms with van der Waals surface area (Å²) >= 11 is 0. The van der Waals surface area contributed by atoms with E-state index in [4.69, 9.17) is 9.72 Å². The number of rotatable bonds is 5. The van der Waals surface area contributed by atoms with Crippen molar-refractivity contribution in [2.45, 2.75) is 6.92 Å². The van der Waals surface area contributed by atoms with E-state index in [1.807, 2.05) is 42.6 Å². The average molecular weight is 375 g/mol. The number of nitrogens with zero attached hydrogens (tertiary/aromatic N) is 4. The molecule has 2 aromatic carbocycles. The van der Waals surface area contributed by atoms with Crippen LogP contribution in [0.4, 0.5) is 23.1 Å². The van der Waals surface area contributed by atoms with Gasteiger partial charge in [0.15, 0.2) is 0 Å². The number of piperazine rings is 1. The molecular formula is C22H25N5O. The average Bonchev–Trinajstić information content (AvgIpc) is 2.76. The summed E-state index contributed by atoms with van der Waals surface area (Å²) in [7, 11) is 1.69. The van der Waals surface area contributed by atoms with Gasteiger partial charge >= 0.3 is 0 Å². The second-order valence-corrected chi connectivity index (χ2v) is 6.85. The van der Waals surface area contributed by atoms with Crippen LogP contribution in [0.15, 0.2) is 60.8 Å². The van der Waals surface area contributed by atoms with Gasteiger partial charge in [0.05, 0.1) is 7.11 Å². The number of hydrogen-bond donors (Lipinski definition) is 1. The summed E-state index contributed by atoms with van der Waals surface area (Å²) in [5.41, 5.74) is 3.43. The molecule has 0 amide bonds. The molecule has 0 aliphatic carbocycles. The van der Waals surface area contributed by atoms with Gasteiger partial charge in [0.2, 0.25) is 5.95 Å². The zero-order chi connectivity index (χ0) is 19.3. The van der Waals surface area contributed by atoms with Crippen LogP contribution in [0.3, 0.4) is 0 Å². The molecule has 0 saturated carbocycles. The van der Waals surface area contributed by atoms with Crippen LogP contribution >= 0.6 is 0 Å². The van der Waals surface area contributed by atoms with Gasteiger partial charge in [0, 0.05) is 43.8 Å². The van der Waals surface area contributed by atoms with Gasteiger partial charge in [-0.15, -0.1) is 0 Å². The molecule has 2 heterocycles. The minimum Gasteiger partial charge on any atom is -0.497 e. The third kappa shape index (κ3) is 4.01.